The van der Waals surface area contributed by atoms with Gasteiger partial charge in [-0.1, -0.05) is 6.07 Å². The second-order valence-electron chi connectivity index (χ2n) is 4.88. The molecule has 20 heavy (non-hydrogen) atoms. The van der Waals surface area contributed by atoms with Crippen molar-refractivity contribution in [1.82, 2.24) is 9.62 Å². The lowest BCUT2D eigenvalue weighted by Crippen LogP contribution is -2.58. The van der Waals surface area contributed by atoms with Gasteiger partial charge in [-0.05, 0) is 44.0 Å². The molecule has 0 radical (unpaired) electrons. The number of sulfonamides is 1. The number of rotatable bonds is 2. The van der Waals surface area contributed by atoms with Crippen LogP contribution >= 0.6 is 0 Å². The summed E-state index contributed by atoms with van der Waals surface area (Å²) in [7, 11) is -3.86. The van der Waals surface area contributed by atoms with Gasteiger partial charge in [-0.3, -0.25) is 14.9 Å². The zero-order valence-electron chi connectivity index (χ0n) is 11.5. The summed E-state index contributed by atoms with van der Waals surface area (Å²) >= 11 is 0. The van der Waals surface area contributed by atoms with Crippen LogP contribution in [0.3, 0.4) is 0 Å². The van der Waals surface area contributed by atoms with E-state index in [-0.39, 0.29) is 11.4 Å². The van der Waals surface area contributed by atoms with Gasteiger partial charge in [0.2, 0.25) is 21.8 Å². The number of hydrogen-bond acceptors (Lipinski definition) is 4. The number of carbonyl (C=O) groups excluding carboxylic acids is 2. The minimum absolute atomic E-state index is 0.0925. The van der Waals surface area contributed by atoms with Gasteiger partial charge in [-0.15, -0.1) is 0 Å². The molecule has 1 heterocycles. The molecule has 6 nitrogen and oxygen atoms in total. The molecule has 2 amide bonds. The molecule has 1 saturated heterocycles. The molecule has 1 aliphatic rings. The molecule has 1 atom stereocenters. The highest BCUT2D eigenvalue weighted by Gasteiger charge is 2.38. The normalized spacial score (nSPS) is 20.9. The standard InChI is InChI=1S/C13H16N2O4S/c1-8-4-5-11(6-9(8)2)20(18,19)15-7-12(16)14-13(17)10(15)3/h4-6,10H,7H2,1-3H3,(H,14,16,17). The Hall–Kier alpha value is -1.73. The van der Waals surface area contributed by atoms with Gasteiger partial charge in [-0.2, -0.15) is 4.31 Å². The van der Waals surface area contributed by atoms with Crippen LogP contribution in [0.4, 0.5) is 0 Å². The maximum Gasteiger partial charge on any atom is 0.244 e. The fourth-order valence-corrected chi connectivity index (χ4v) is 3.63. The first-order valence-corrected chi connectivity index (χ1v) is 7.60. The Labute approximate surface area is 117 Å². The smallest absolute Gasteiger partial charge is 0.244 e. The van der Waals surface area contributed by atoms with Gasteiger partial charge in [0.15, 0.2) is 0 Å². The molecular formula is C13H16N2O4S. The van der Waals surface area contributed by atoms with Crippen LogP contribution < -0.4 is 5.32 Å². The number of imide groups is 1. The van der Waals surface area contributed by atoms with E-state index in [1.54, 1.807) is 12.1 Å². The van der Waals surface area contributed by atoms with Crippen molar-refractivity contribution in [3.63, 3.8) is 0 Å². The molecule has 1 aromatic carbocycles. The topological polar surface area (TPSA) is 83.6 Å². The zero-order chi connectivity index (χ0) is 15.1. The summed E-state index contributed by atoms with van der Waals surface area (Å²) < 4.78 is 26.0. The summed E-state index contributed by atoms with van der Waals surface area (Å²) in [6.07, 6.45) is 0. The quantitative estimate of drug-likeness (QED) is 0.798. The average Bonchev–Trinajstić information content (AvgIpc) is 2.36. The third-order valence-electron chi connectivity index (χ3n) is 3.46. The third kappa shape index (κ3) is 2.46. The summed E-state index contributed by atoms with van der Waals surface area (Å²) in [4.78, 5) is 23.1. The number of carbonyl (C=O) groups is 2. The Balaban J connectivity index is 2.45. The van der Waals surface area contributed by atoms with Crippen molar-refractivity contribution in [1.29, 1.82) is 0 Å². The lowest BCUT2D eigenvalue weighted by Gasteiger charge is -2.30. The number of hydrogen-bond donors (Lipinski definition) is 1. The van der Waals surface area contributed by atoms with Crippen LogP contribution in [0.15, 0.2) is 23.1 Å². The minimum Gasteiger partial charge on any atom is -0.294 e. The second kappa shape index (κ2) is 4.99. The molecule has 2 rings (SSSR count). The maximum atomic E-state index is 12.5. The minimum atomic E-state index is -3.86. The molecule has 1 aliphatic heterocycles. The van der Waals surface area contributed by atoms with Gasteiger partial charge in [0, 0.05) is 0 Å². The van der Waals surface area contributed by atoms with Gasteiger partial charge in [0.05, 0.1) is 11.4 Å². The summed E-state index contributed by atoms with van der Waals surface area (Å²) in [5.74, 6) is -1.21. The summed E-state index contributed by atoms with van der Waals surface area (Å²) in [6, 6.07) is 3.84. The molecule has 0 spiro atoms. The molecule has 1 fully saturated rings. The Morgan fingerprint density at radius 3 is 2.45 bits per heavy atom. The first-order valence-electron chi connectivity index (χ1n) is 6.16. The van der Waals surface area contributed by atoms with E-state index in [2.05, 4.69) is 5.32 Å². The van der Waals surface area contributed by atoms with E-state index in [0.717, 1.165) is 15.4 Å². The summed E-state index contributed by atoms with van der Waals surface area (Å²) in [5.41, 5.74) is 1.82. The molecular weight excluding hydrogens is 280 g/mol. The molecule has 1 unspecified atom stereocenters. The first-order chi connectivity index (χ1) is 9.23. The number of amides is 2. The molecule has 7 heteroatoms. The van der Waals surface area contributed by atoms with Crippen LogP contribution in [0.2, 0.25) is 0 Å². The monoisotopic (exact) mass is 296 g/mol. The Bertz CT molecular complexity index is 682. The highest BCUT2D eigenvalue weighted by molar-refractivity contribution is 7.89. The van der Waals surface area contributed by atoms with Gasteiger partial charge >= 0.3 is 0 Å². The van der Waals surface area contributed by atoms with Crippen molar-refractivity contribution in [2.24, 2.45) is 0 Å². The molecule has 0 saturated carbocycles. The fourth-order valence-electron chi connectivity index (χ4n) is 1.99. The Morgan fingerprint density at radius 1 is 1.20 bits per heavy atom. The average molecular weight is 296 g/mol. The zero-order valence-corrected chi connectivity index (χ0v) is 12.3. The van der Waals surface area contributed by atoms with E-state index < -0.39 is 27.9 Å². The van der Waals surface area contributed by atoms with Gasteiger partial charge in [-0.25, -0.2) is 8.42 Å². The van der Waals surface area contributed by atoms with Crippen molar-refractivity contribution in [3.05, 3.63) is 29.3 Å². The second-order valence-corrected chi connectivity index (χ2v) is 6.78. The van der Waals surface area contributed by atoms with Crippen molar-refractivity contribution in [2.45, 2.75) is 31.7 Å². The van der Waals surface area contributed by atoms with E-state index in [1.165, 1.54) is 13.0 Å². The van der Waals surface area contributed by atoms with Crippen molar-refractivity contribution < 1.29 is 18.0 Å². The van der Waals surface area contributed by atoms with E-state index in [0.29, 0.717) is 0 Å². The predicted molar refractivity (Wildman–Crippen MR) is 72.4 cm³/mol. The number of piperazine rings is 1. The maximum absolute atomic E-state index is 12.5. The van der Waals surface area contributed by atoms with Crippen LogP contribution in [0.25, 0.3) is 0 Å². The van der Waals surface area contributed by atoms with E-state index in [9.17, 15) is 18.0 Å². The highest BCUT2D eigenvalue weighted by atomic mass is 32.2. The van der Waals surface area contributed by atoms with Crippen LogP contribution in [-0.2, 0) is 19.6 Å². The predicted octanol–water partition coefficient (Wildman–Crippen LogP) is 0.339. The molecule has 108 valence electrons. The van der Waals surface area contributed by atoms with Crippen molar-refractivity contribution >= 4 is 21.8 Å². The van der Waals surface area contributed by atoms with Crippen LogP contribution in [0.1, 0.15) is 18.1 Å². The van der Waals surface area contributed by atoms with Gasteiger partial charge in [0.1, 0.15) is 6.04 Å². The number of aryl methyl sites for hydroxylation is 2. The van der Waals surface area contributed by atoms with Gasteiger partial charge < -0.3 is 0 Å². The largest absolute Gasteiger partial charge is 0.294 e. The van der Waals surface area contributed by atoms with E-state index >= 15 is 0 Å². The SMILES string of the molecule is Cc1ccc(S(=O)(=O)N2CC(=O)NC(=O)C2C)cc1C. The highest BCUT2D eigenvalue weighted by Crippen LogP contribution is 2.22. The summed E-state index contributed by atoms with van der Waals surface area (Å²) in [6.45, 7) is 4.81. The van der Waals surface area contributed by atoms with Crippen LogP contribution in [0.5, 0.6) is 0 Å². The molecule has 1 N–H and O–H groups in total. The molecule has 1 aromatic rings. The number of benzene rings is 1. The van der Waals surface area contributed by atoms with Crippen molar-refractivity contribution in [2.75, 3.05) is 6.54 Å². The summed E-state index contributed by atoms with van der Waals surface area (Å²) in [5, 5.41) is 2.12. The molecule has 0 bridgehead atoms. The first kappa shape index (κ1) is 14.7. The lowest BCUT2D eigenvalue weighted by molar-refractivity contribution is -0.136. The van der Waals surface area contributed by atoms with Crippen molar-refractivity contribution in [3.8, 4) is 0 Å². The lowest BCUT2D eigenvalue weighted by atomic mass is 10.1. The van der Waals surface area contributed by atoms with E-state index in [4.69, 9.17) is 0 Å². The van der Waals surface area contributed by atoms with Crippen LogP contribution in [0, 0.1) is 13.8 Å². The molecule has 0 aromatic heterocycles. The number of nitrogens with zero attached hydrogens (tertiary/aromatic N) is 1. The Kier molecular flexibility index (Phi) is 3.66. The fraction of sp³-hybridized carbons (Fsp3) is 0.385. The molecule has 0 aliphatic carbocycles. The number of nitrogens with one attached hydrogen (secondary N) is 1. The van der Waals surface area contributed by atoms with E-state index in [1.807, 2.05) is 13.8 Å². The van der Waals surface area contributed by atoms with Gasteiger partial charge in [0.25, 0.3) is 0 Å². The third-order valence-corrected chi connectivity index (χ3v) is 5.37. The Morgan fingerprint density at radius 2 is 1.85 bits per heavy atom. The van der Waals surface area contributed by atoms with Crippen LogP contribution in [-0.4, -0.2) is 37.1 Å².